The summed E-state index contributed by atoms with van der Waals surface area (Å²) in [7, 11) is 0. The van der Waals surface area contributed by atoms with E-state index in [-0.39, 0.29) is 11.8 Å². The van der Waals surface area contributed by atoms with Crippen LogP contribution in [0.15, 0.2) is 41.7 Å². The molecule has 7 nitrogen and oxygen atoms in total. The number of nitrogens with zero attached hydrogens (tertiary/aromatic N) is 2. The lowest BCUT2D eigenvalue weighted by Gasteiger charge is -2.10. The van der Waals surface area contributed by atoms with Crippen molar-refractivity contribution in [3.63, 3.8) is 0 Å². The first-order valence-corrected chi connectivity index (χ1v) is 8.56. The van der Waals surface area contributed by atoms with Gasteiger partial charge in [-0.3, -0.25) is 14.6 Å². The lowest BCUT2D eigenvalue weighted by atomic mass is 10.2. The number of anilines is 2. The van der Waals surface area contributed by atoms with Crippen molar-refractivity contribution in [2.24, 2.45) is 0 Å². The Balaban J connectivity index is 1.54. The third kappa shape index (κ3) is 4.23. The van der Waals surface area contributed by atoms with Gasteiger partial charge in [-0.25, -0.2) is 4.98 Å². The van der Waals surface area contributed by atoms with E-state index < -0.39 is 0 Å². The zero-order valence-corrected chi connectivity index (χ0v) is 13.7. The van der Waals surface area contributed by atoms with Crippen molar-refractivity contribution in [2.75, 3.05) is 29.5 Å². The average Bonchev–Trinajstić information content (AvgIpc) is 2.79. The number of aromatic nitrogens is 2. The van der Waals surface area contributed by atoms with E-state index in [1.54, 1.807) is 42.5 Å². The first kappa shape index (κ1) is 16.3. The van der Waals surface area contributed by atoms with Gasteiger partial charge < -0.3 is 16.0 Å². The molecular formula is C16H17N5O2S. The SMILES string of the molecule is O=C1CCSc2ccc(C(=O)NCCNc3cnccn3)cc2N1. The van der Waals surface area contributed by atoms with Gasteiger partial charge in [-0.05, 0) is 18.2 Å². The van der Waals surface area contributed by atoms with Crippen LogP contribution in [0.5, 0.6) is 0 Å². The Morgan fingerprint density at radius 1 is 1.29 bits per heavy atom. The van der Waals surface area contributed by atoms with E-state index in [0.717, 1.165) is 10.6 Å². The van der Waals surface area contributed by atoms with Gasteiger partial charge in [0.15, 0.2) is 0 Å². The molecule has 0 unspecified atom stereocenters. The molecule has 1 aliphatic rings. The molecule has 0 atom stereocenters. The summed E-state index contributed by atoms with van der Waals surface area (Å²) >= 11 is 1.61. The Morgan fingerprint density at radius 3 is 3.04 bits per heavy atom. The van der Waals surface area contributed by atoms with Gasteiger partial charge in [0.1, 0.15) is 5.82 Å². The zero-order chi connectivity index (χ0) is 16.8. The van der Waals surface area contributed by atoms with Gasteiger partial charge in [0.25, 0.3) is 5.91 Å². The van der Waals surface area contributed by atoms with E-state index in [2.05, 4.69) is 25.9 Å². The minimum Gasteiger partial charge on any atom is -0.367 e. The van der Waals surface area contributed by atoms with Crippen LogP contribution in [0.25, 0.3) is 0 Å². The normalized spacial score (nSPS) is 13.4. The van der Waals surface area contributed by atoms with Crippen LogP contribution in [0.4, 0.5) is 11.5 Å². The summed E-state index contributed by atoms with van der Waals surface area (Å²) in [4.78, 5) is 32.9. The molecule has 0 spiro atoms. The molecule has 0 aliphatic carbocycles. The summed E-state index contributed by atoms with van der Waals surface area (Å²) in [5.74, 6) is 1.21. The Bertz CT molecular complexity index is 739. The molecule has 2 heterocycles. The number of carbonyl (C=O) groups is 2. The number of nitrogens with one attached hydrogen (secondary N) is 3. The highest BCUT2D eigenvalue weighted by Crippen LogP contribution is 2.31. The minimum atomic E-state index is -0.178. The topological polar surface area (TPSA) is 96.0 Å². The first-order valence-electron chi connectivity index (χ1n) is 7.57. The number of benzene rings is 1. The van der Waals surface area contributed by atoms with Crippen molar-refractivity contribution in [1.82, 2.24) is 15.3 Å². The van der Waals surface area contributed by atoms with Crippen molar-refractivity contribution in [3.8, 4) is 0 Å². The van der Waals surface area contributed by atoms with E-state index >= 15 is 0 Å². The molecule has 0 fully saturated rings. The third-order valence-electron chi connectivity index (χ3n) is 3.38. The summed E-state index contributed by atoms with van der Waals surface area (Å²) in [6.45, 7) is 0.996. The van der Waals surface area contributed by atoms with Crippen LogP contribution in [0.3, 0.4) is 0 Å². The van der Waals surface area contributed by atoms with Crippen LogP contribution in [0, 0.1) is 0 Å². The summed E-state index contributed by atoms with van der Waals surface area (Å²) in [6, 6.07) is 5.37. The second-order valence-corrected chi connectivity index (χ2v) is 6.27. The van der Waals surface area contributed by atoms with Crippen molar-refractivity contribution in [3.05, 3.63) is 42.4 Å². The fourth-order valence-corrected chi connectivity index (χ4v) is 3.16. The van der Waals surface area contributed by atoms with E-state index in [1.807, 2.05) is 6.07 Å². The smallest absolute Gasteiger partial charge is 0.251 e. The largest absolute Gasteiger partial charge is 0.367 e. The summed E-state index contributed by atoms with van der Waals surface area (Å²) in [6.07, 6.45) is 5.30. The monoisotopic (exact) mass is 343 g/mol. The van der Waals surface area contributed by atoms with E-state index in [4.69, 9.17) is 0 Å². The number of hydrogen-bond donors (Lipinski definition) is 3. The second kappa shape index (κ2) is 7.78. The van der Waals surface area contributed by atoms with Crippen molar-refractivity contribution in [1.29, 1.82) is 0 Å². The van der Waals surface area contributed by atoms with Crippen LogP contribution >= 0.6 is 11.8 Å². The number of hydrogen-bond acceptors (Lipinski definition) is 6. The predicted octanol–water partition coefficient (Wildman–Crippen LogP) is 1.75. The average molecular weight is 343 g/mol. The van der Waals surface area contributed by atoms with Gasteiger partial charge in [-0.1, -0.05) is 0 Å². The zero-order valence-electron chi connectivity index (χ0n) is 12.9. The lowest BCUT2D eigenvalue weighted by Crippen LogP contribution is -2.29. The molecule has 1 aliphatic heterocycles. The van der Waals surface area contributed by atoms with E-state index in [9.17, 15) is 9.59 Å². The number of rotatable bonds is 5. The highest BCUT2D eigenvalue weighted by Gasteiger charge is 2.15. The lowest BCUT2D eigenvalue weighted by molar-refractivity contribution is -0.115. The Labute approximate surface area is 143 Å². The molecule has 3 rings (SSSR count). The van der Waals surface area contributed by atoms with Crippen molar-refractivity contribution < 1.29 is 9.59 Å². The second-order valence-electron chi connectivity index (χ2n) is 5.13. The number of amides is 2. The van der Waals surface area contributed by atoms with Gasteiger partial charge in [0.05, 0.1) is 11.9 Å². The quantitative estimate of drug-likeness (QED) is 0.716. The van der Waals surface area contributed by atoms with Crippen molar-refractivity contribution in [2.45, 2.75) is 11.3 Å². The minimum absolute atomic E-state index is 0.0213. The Hall–Kier alpha value is -2.61. The van der Waals surface area contributed by atoms with Crippen LogP contribution in [-0.4, -0.2) is 40.6 Å². The maximum Gasteiger partial charge on any atom is 0.251 e. The Kier molecular flexibility index (Phi) is 5.27. The molecule has 3 N–H and O–H groups in total. The molecule has 0 radical (unpaired) electrons. The van der Waals surface area contributed by atoms with E-state index in [1.165, 1.54) is 0 Å². The highest BCUT2D eigenvalue weighted by atomic mass is 32.2. The Morgan fingerprint density at radius 2 is 2.21 bits per heavy atom. The van der Waals surface area contributed by atoms with Crippen LogP contribution in [0.1, 0.15) is 16.8 Å². The maximum absolute atomic E-state index is 12.2. The molecule has 1 aromatic heterocycles. The molecule has 124 valence electrons. The first-order chi connectivity index (χ1) is 11.7. The fraction of sp³-hybridized carbons (Fsp3) is 0.250. The molecule has 1 aromatic carbocycles. The van der Waals surface area contributed by atoms with E-state index in [0.29, 0.717) is 36.6 Å². The fourth-order valence-electron chi connectivity index (χ4n) is 2.22. The summed E-state index contributed by atoms with van der Waals surface area (Å²) in [5, 5.41) is 8.74. The molecule has 2 aromatic rings. The van der Waals surface area contributed by atoms with Crippen LogP contribution in [-0.2, 0) is 4.79 Å². The molecular weight excluding hydrogens is 326 g/mol. The molecule has 24 heavy (non-hydrogen) atoms. The van der Waals surface area contributed by atoms with Crippen LogP contribution < -0.4 is 16.0 Å². The molecule has 8 heteroatoms. The molecule has 2 amide bonds. The highest BCUT2D eigenvalue weighted by molar-refractivity contribution is 7.99. The molecule has 0 saturated heterocycles. The third-order valence-corrected chi connectivity index (χ3v) is 4.46. The number of fused-ring (bicyclic) bond motifs is 1. The summed E-state index contributed by atoms with van der Waals surface area (Å²) in [5.41, 5.74) is 1.23. The molecule has 0 bridgehead atoms. The van der Waals surface area contributed by atoms with Gasteiger partial charge in [0, 0.05) is 48.1 Å². The van der Waals surface area contributed by atoms with Crippen molar-refractivity contribution >= 4 is 35.1 Å². The number of thioether (sulfide) groups is 1. The van der Waals surface area contributed by atoms with Crippen LogP contribution in [0.2, 0.25) is 0 Å². The molecule has 0 saturated carbocycles. The predicted molar refractivity (Wildman–Crippen MR) is 93.3 cm³/mol. The number of carbonyl (C=O) groups excluding carboxylic acids is 2. The van der Waals surface area contributed by atoms with Gasteiger partial charge in [0.2, 0.25) is 5.91 Å². The maximum atomic E-state index is 12.2. The van der Waals surface area contributed by atoms with Gasteiger partial charge in [-0.2, -0.15) is 0 Å². The van der Waals surface area contributed by atoms with Gasteiger partial charge >= 0.3 is 0 Å². The summed E-state index contributed by atoms with van der Waals surface area (Å²) < 4.78 is 0. The van der Waals surface area contributed by atoms with Gasteiger partial charge in [-0.15, -0.1) is 11.8 Å². The standard InChI is InChI=1S/C16H17N5O2S/c22-15-3-8-24-13-2-1-11(9-12(13)21-15)16(23)20-7-6-19-14-10-17-4-5-18-14/h1-2,4-5,9-10H,3,6-8H2,(H,18,19)(H,20,23)(H,21,22).